The zero-order valence-corrected chi connectivity index (χ0v) is 15.5. The van der Waals surface area contributed by atoms with Crippen LogP contribution in [0, 0.1) is 0 Å². The molecule has 0 bridgehead atoms. The SMILES string of the molecule is C=CCNC(=O)CN1CCN(C(=O)c2cc(OC)c3c(c2)OCCO3)CC1. The molecule has 1 aromatic carbocycles. The van der Waals surface area contributed by atoms with E-state index in [-0.39, 0.29) is 11.8 Å². The van der Waals surface area contributed by atoms with Gasteiger partial charge in [-0.15, -0.1) is 6.58 Å². The van der Waals surface area contributed by atoms with Crippen LogP contribution < -0.4 is 19.5 Å². The van der Waals surface area contributed by atoms with Crippen molar-refractivity contribution in [3.05, 3.63) is 30.4 Å². The molecule has 0 aliphatic carbocycles. The zero-order chi connectivity index (χ0) is 19.2. The van der Waals surface area contributed by atoms with Crippen molar-refractivity contribution in [3.63, 3.8) is 0 Å². The monoisotopic (exact) mass is 375 g/mol. The van der Waals surface area contributed by atoms with Crippen molar-refractivity contribution < 1.29 is 23.8 Å². The van der Waals surface area contributed by atoms with E-state index in [2.05, 4.69) is 11.9 Å². The molecule has 0 aromatic heterocycles. The Morgan fingerprint density at radius 1 is 1.22 bits per heavy atom. The number of rotatable bonds is 6. The number of hydrogen-bond donors (Lipinski definition) is 1. The van der Waals surface area contributed by atoms with E-state index in [0.717, 1.165) is 0 Å². The van der Waals surface area contributed by atoms with Crippen molar-refractivity contribution in [2.75, 3.05) is 59.6 Å². The van der Waals surface area contributed by atoms with E-state index in [1.807, 2.05) is 4.90 Å². The van der Waals surface area contributed by atoms with Gasteiger partial charge in [0.15, 0.2) is 11.5 Å². The molecule has 0 atom stereocenters. The van der Waals surface area contributed by atoms with E-state index in [9.17, 15) is 9.59 Å². The predicted molar refractivity (Wildman–Crippen MR) is 99.5 cm³/mol. The van der Waals surface area contributed by atoms with Crippen LogP contribution in [-0.2, 0) is 4.79 Å². The van der Waals surface area contributed by atoms with Crippen molar-refractivity contribution >= 4 is 11.8 Å². The zero-order valence-electron chi connectivity index (χ0n) is 15.5. The first-order chi connectivity index (χ1) is 13.1. The number of amides is 2. The summed E-state index contributed by atoms with van der Waals surface area (Å²) in [5, 5.41) is 2.76. The Bertz CT molecular complexity index is 696. The van der Waals surface area contributed by atoms with Crippen LogP contribution >= 0.6 is 0 Å². The second kappa shape index (κ2) is 8.77. The maximum absolute atomic E-state index is 12.9. The molecule has 2 amide bonds. The van der Waals surface area contributed by atoms with Crippen molar-refractivity contribution in [2.45, 2.75) is 0 Å². The first kappa shape index (κ1) is 19.0. The quantitative estimate of drug-likeness (QED) is 0.731. The standard InChI is InChI=1S/C19H25N3O5/c1-3-4-20-17(23)13-21-5-7-22(8-6-21)19(24)14-11-15(25-2)18-16(12-14)26-9-10-27-18/h3,11-12H,1,4-10,13H2,2H3,(H,20,23). The van der Waals surface area contributed by atoms with Crippen LogP contribution in [0.2, 0.25) is 0 Å². The minimum atomic E-state index is -0.0824. The average molecular weight is 375 g/mol. The van der Waals surface area contributed by atoms with Gasteiger partial charge in [0.25, 0.3) is 5.91 Å². The minimum Gasteiger partial charge on any atom is -0.493 e. The fourth-order valence-electron chi connectivity index (χ4n) is 3.13. The van der Waals surface area contributed by atoms with E-state index in [4.69, 9.17) is 14.2 Å². The second-order valence-electron chi connectivity index (χ2n) is 6.36. The summed E-state index contributed by atoms with van der Waals surface area (Å²) in [4.78, 5) is 28.5. The highest BCUT2D eigenvalue weighted by atomic mass is 16.6. The lowest BCUT2D eigenvalue weighted by molar-refractivity contribution is -0.122. The van der Waals surface area contributed by atoms with Gasteiger partial charge in [-0.3, -0.25) is 14.5 Å². The van der Waals surface area contributed by atoms with Gasteiger partial charge in [-0.1, -0.05) is 6.08 Å². The normalized spacial score (nSPS) is 16.6. The van der Waals surface area contributed by atoms with Gasteiger partial charge < -0.3 is 24.4 Å². The van der Waals surface area contributed by atoms with Gasteiger partial charge in [-0.05, 0) is 12.1 Å². The Hall–Kier alpha value is -2.74. The van der Waals surface area contributed by atoms with Crippen LogP contribution in [0.3, 0.4) is 0 Å². The number of ether oxygens (including phenoxy) is 3. The number of benzene rings is 1. The Labute approximate surface area is 158 Å². The van der Waals surface area contributed by atoms with Gasteiger partial charge in [0, 0.05) is 38.3 Å². The van der Waals surface area contributed by atoms with Crippen LogP contribution in [0.5, 0.6) is 17.2 Å². The lowest BCUT2D eigenvalue weighted by Gasteiger charge is -2.34. The van der Waals surface area contributed by atoms with E-state index in [1.54, 1.807) is 23.1 Å². The van der Waals surface area contributed by atoms with E-state index >= 15 is 0 Å². The molecular formula is C19H25N3O5. The van der Waals surface area contributed by atoms with Crippen LogP contribution in [0.1, 0.15) is 10.4 Å². The van der Waals surface area contributed by atoms with Gasteiger partial charge >= 0.3 is 0 Å². The molecule has 8 nitrogen and oxygen atoms in total. The number of piperazine rings is 1. The topological polar surface area (TPSA) is 80.3 Å². The number of carbonyl (C=O) groups is 2. The Morgan fingerprint density at radius 3 is 2.67 bits per heavy atom. The summed E-state index contributed by atoms with van der Waals surface area (Å²) in [6.45, 7) is 7.68. The van der Waals surface area contributed by atoms with E-state index in [1.165, 1.54) is 7.11 Å². The highest BCUT2D eigenvalue weighted by Gasteiger charge is 2.26. The number of methoxy groups -OCH3 is 1. The maximum Gasteiger partial charge on any atom is 0.254 e. The van der Waals surface area contributed by atoms with Crippen molar-refractivity contribution in [1.29, 1.82) is 0 Å². The molecule has 1 N–H and O–H groups in total. The maximum atomic E-state index is 12.9. The third-order valence-corrected chi connectivity index (χ3v) is 4.55. The first-order valence-corrected chi connectivity index (χ1v) is 8.99. The second-order valence-corrected chi connectivity index (χ2v) is 6.36. The summed E-state index contributed by atoms with van der Waals surface area (Å²) < 4.78 is 16.5. The molecule has 0 spiro atoms. The van der Waals surface area contributed by atoms with Crippen molar-refractivity contribution in [1.82, 2.24) is 15.1 Å². The van der Waals surface area contributed by atoms with Crippen LogP contribution in [-0.4, -0.2) is 81.2 Å². The Kier molecular flexibility index (Phi) is 6.18. The summed E-state index contributed by atoms with van der Waals surface area (Å²) in [6.07, 6.45) is 1.65. The van der Waals surface area contributed by atoms with Crippen LogP contribution in [0.4, 0.5) is 0 Å². The van der Waals surface area contributed by atoms with Gasteiger partial charge in [0.1, 0.15) is 13.2 Å². The fraction of sp³-hybridized carbons (Fsp3) is 0.474. The molecule has 0 saturated carbocycles. The molecule has 1 saturated heterocycles. The average Bonchev–Trinajstić information content (AvgIpc) is 2.71. The summed E-state index contributed by atoms with van der Waals surface area (Å²) in [6, 6.07) is 3.39. The minimum absolute atomic E-state index is 0.0359. The van der Waals surface area contributed by atoms with Crippen molar-refractivity contribution in [3.8, 4) is 17.2 Å². The lowest BCUT2D eigenvalue weighted by Crippen LogP contribution is -2.51. The molecule has 3 rings (SSSR count). The number of nitrogens with zero attached hydrogens (tertiary/aromatic N) is 2. The molecule has 146 valence electrons. The van der Waals surface area contributed by atoms with Crippen LogP contribution in [0.25, 0.3) is 0 Å². The number of hydrogen-bond acceptors (Lipinski definition) is 6. The molecule has 0 unspecified atom stereocenters. The summed E-state index contributed by atoms with van der Waals surface area (Å²) in [5.41, 5.74) is 0.508. The Morgan fingerprint density at radius 2 is 1.96 bits per heavy atom. The van der Waals surface area contributed by atoms with E-state index in [0.29, 0.717) is 75.3 Å². The molecule has 0 radical (unpaired) electrons. The molecule has 2 heterocycles. The summed E-state index contributed by atoms with van der Waals surface area (Å²) in [5.74, 6) is 1.44. The largest absolute Gasteiger partial charge is 0.493 e. The molecule has 2 aliphatic heterocycles. The van der Waals surface area contributed by atoms with Crippen LogP contribution in [0.15, 0.2) is 24.8 Å². The molecule has 1 fully saturated rings. The van der Waals surface area contributed by atoms with Gasteiger partial charge in [0.2, 0.25) is 11.7 Å². The molecule has 8 heteroatoms. The molecule has 1 aromatic rings. The molecule has 2 aliphatic rings. The third-order valence-electron chi connectivity index (χ3n) is 4.55. The summed E-state index contributed by atoms with van der Waals surface area (Å²) >= 11 is 0. The van der Waals surface area contributed by atoms with Gasteiger partial charge in [-0.2, -0.15) is 0 Å². The van der Waals surface area contributed by atoms with Gasteiger partial charge in [0.05, 0.1) is 13.7 Å². The highest BCUT2D eigenvalue weighted by Crippen LogP contribution is 2.40. The molecular weight excluding hydrogens is 350 g/mol. The number of nitrogens with one attached hydrogen (secondary N) is 1. The van der Waals surface area contributed by atoms with E-state index < -0.39 is 0 Å². The smallest absolute Gasteiger partial charge is 0.254 e. The fourth-order valence-corrected chi connectivity index (χ4v) is 3.13. The third kappa shape index (κ3) is 4.51. The first-order valence-electron chi connectivity index (χ1n) is 8.99. The lowest BCUT2D eigenvalue weighted by atomic mass is 10.1. The number of carbonyl (C=O) groups excluding carboxylic acids is 2. The summed E-state index contributed by atoms with van der Waals surface area (Å²) in [7, 11) is 1.54. The van der Waals surface area contributed by atoms with Crippen molar-refractivity contribution in [2.24, 2.45) is 0 Å². The predicted octanol–water partition coefficient (Wildman–Crippen LogP) is 0.526. The Balaban J connectivity index is 1.61. The number of fused-ring (bicyclic) bond motifs is 1. The van der Waals surface area contributed by atoms with Gasteiger partial charge in [-0.25, -0.2) is 0 Å². The highest BCUT2D eigenvalue weighted by molar-refractivity contribution is 5.95. The molecule has 27 heavy (non-hydrogen) atoms.